The molecule has 0 saturated carbocycles. The summed E-state index contributed by atoms with van der Waals surface area (Å²) in [5, 5.41) is 7.09. The number of carbonyl (C=O) groups is 2. The Morgan fingerprint density at radius 2 is 1.93 bits per heavy atom. The van der Waals surface area contributed by atoms with Crippen molar-refractivity contribution in [2.24, 2.45) is 0 Å². The predicted octanol–water partition coefficient (Wildman–Crippen LogP) is 4.79. The highest BCUT2D eigenvalue weighted by molar-refractivity contribution is 7.98. The molecular weight excluding hydrogens is 385 g/mol. The Hall–Kier alpha value is -2.71. The Kier molecular flexibility index (Phi) is 6.20. The van der Waals surface area contributed by atoms with E-state index < -0.39 is 5.82 Å². The molecule has 0 fully saturated rings. The van der Waals surface area contributed by atoms with Gasteiger partial charge in [0.25, 0.3) is 5.91 Å². The molecule has 1 aromatic heterocycles. The minimum atomic E-state index is -0.565. The van der Waals surface area contributed by atoms with Crippen LogP contribution in [0.15, 0.2) is 58.3 Å². The van der Waals surface area contributed by atoms with Crippen LogP contribution in [0, 0.1) is 5.82 Å². The molecule has 8 heteroatoms. The number of rotatable bonds is 6. The highest BCUT2D eigenvalue weighted by Crippen LogP contribution is 2.24. The van der Waals surface area contributed by atoms with E-state index in [1.54, 1.807) is 40.7 Å². The Morgan fingerprint density at radius 1 is 1.15 bits per heavy atom. The first-order valence-electron chi connectivity index (χ1n) is 7.99. The topological polar surface area (TPSA) is 71.1 Å². The smallest absolute Gasteiger partial charge is 0.255 e. The molecule has 3 rings (SSSR count). The minimum absolute atomic E-state index is 0.0223. The highest BCUT2D eigenvalue weighted by Gasteiger charge is 2.10. The van der Waals surface area contributed by atoms with E-state index in [-0.39, 0.29) is 17.5 Å². The van der Waals surface area contributed by atoms with Crippen molar-refractivity contribution in [3.05, 3.63) is 70.4 Å². The van der Waals surface area contributed by atoms with Crippen LogP contribution in [0.4, 0.5) is 15.8 Å². The molecule has 138 valence electrons. The maximum absolute atomic E-state index is 13.7. The first-order valence-corrected chi connectivity index (χ1v) is 9.92. The first kappa shape index (κ1) is 19.1. The number of hydrogen-bond donors (Lipinski definition) is 2. The number of carbonyl (C=O) groups excluding carboxylic acids is 2. The van der Waals surface area contributed by atoms with Crippen molar-refractivity contribution in [1.82, 2.24) is 4.98 Å². The fraction of sp³-hybridized carbons (Fsp3) is 0.105. The predicted molar refractivity (Wildman–Crippen MR) is 107 cm³/mol. The molecule has 0 aliphatic heterocycles. The second kappa shape index (κ2) is 8.79. The standard InChI is InChI=1S/C19H16FN3O2S2/c1-12(24)22-18-8-14(4-7-17(18)20)23-19(25)13-2-5-16(6-3-13)27-10-15-9-26-11-21-15/h2-9,11H,10H2,1H3,(H,22,24)(H,23,25). The number of nitrogens with one attached hydrogen (secondary N) is 2. The second-order valence-corrected chi connectivity index (χ2v) is 7.39. The van der Waals surface area contributed by atoms with Crippen molar-refractivity contribution in [1.29, 1.82) is 0 Å². The molecule has 1 heterocycles. The molecule has 2 amide bonds. The van der Waals surface area contributed by atoms with Crippen molar-refractivity contribution >= 4 is 46.3 Å². The molecule has 0 aliphatic carbocycles. The van der Waals surface area contributed by atoms with Crippen molar-refractivity contribution < 1.29 is 14.0 Å². The van der Waals surface area contributed by atoms with Crippen LogP contribution in [0.3, 0.4) is 0 Å². The van der Waals surface area contributed by atoms with Gasteiger partial charge in [0.15, 0.2) is 0 Å². The summed E-state index contributed by atoms with van der Waals surface area (Å²) in [4.78, 5) is 28.8. The normalized spacial score (nSPS) is 10.4. The molecule has 2 aromatic carbocycles. The summed E-state index contributed by atoms with van der Waals surface area (Å²) in [5.74, 6) is -0.490. The van der Waals surface area contributed by atoms with Crippen molar-refractivity contribution in [3.63, 3.8) is 0 Å². The zero-order valence-corrected chi connectivity index (χ0v) is 16.0. The van der Waals surface area contributed by atoms with Gasteiger partial charge in [-0.25, -0.2) is 9.37 Å². The van der Waals surface area contributed by atoms with Crippen LogP contribution in [-0.2, 0) is 10.5 Å². The van der Waals surface area contributed by atoms with E-state index in [1.165, 1.54) is 25.1 Å². The average Bonchev–Trinajstić information content (AvgIpc) is 3.16. The fourth-order valence-corrected chi connectivity index (χ4v) is 3.73. The summed E-state index contributed by atoms with van der Waals surface area (Å²) in [6, 6.07) is 11.2. The highest BCUT2D eigenvalue weighted by atomic mass is 32.2. The van der Waals surface area contributed by atoms with Gasteiger partial charge in [-0.05, 0) is 42.5 Å². The van der Waals surface area contributed by atoms with E-state index in [0.29, 0.717) is 11.3 Å². The molecule has 0 unspecified atom stereocenters. The van der Waals surface area contributed by atoms with Crippen LogP contribution in [0.1, 0.15) is 23.0 Å². The summed E-state index contributed by atoms with van der Waals surface area (Å²) in [5.41, 5.74) is 3.73. The third kappa shape index (κ3) is 5.38. The maximum atomic E-state index is 13.7. The quantitative estimate of drug-likeness (QED) is 0.583. The van der Waals surface area contributed by atoms with Gasteiger partial charge in [0, 0.05) is 34.2 Å². The Balaban J connectivity index is 1.63. The van der Waals surface area contributed by atoms with E-state index >= 15 is 0 Å². The van der Waals surface area contributed by atoms with Gasteiger partial charge in [0.1, 0.15) is 5.82 Å². The SMILES string of the molecule is CC(=O)Nc1cc(NC(=O)c2ccc(SCc3cscn3)cc2)ccc1F. The Bertz CT molecular complexity index is 944. The number of hydrogen-bond acceptors (Lipinski definition) is 5. The van der Waals surface area contributed by atoms with Crippen LogP contribution in [0.5, 0.6) is 0 Å². The molecule has 3 aromatic rings. The van der Waals surface area contributed by atoms with Gasteiger partial charge in [0.2, 0.25) is 5.91 Å². The zero-order chi connectivity index (χ0) is 19.2. The molecule has 0 radical (unpaired) electrons. The molecule has 5 nitrogen and oxygen atoms in total. The van der Waals surface area contributed by atoms with Crippen LogP contribution < -0.4 is 10.6 Å². The lowest BCUT2D eigenvalue weighted by Crippen LogP contribution is -2.13. The van der Waals surface area contributed by atoms with E-state index in [1.807, 2.05) is 17.5 Å². The van der Waals surface area contributed by atoms with Crippen molar-refractivity contribution in [3.8, 4) is 0 Å². The average molecular weight is 401 g/mol. The molecule has 0 spiro atoms. The summed E-state index contributed by atoms with van der Waals surface area (Å²) in [7, 11) is 0. The largest absolute Gasteiger partial charge is 0.324 e. The van der Waals surface area contributed by atoms with Crippen LogP contribution in [0.2, 0.25) is 0 Å². The molecule has 2 N–H and O–H groups in total. The van der Waals surface area contributed by atoms with Crippen molar-refractivity contribution in [2.45, 2.75) is 17.6 Å². The maximum Gasteiger partial charge on any atom is 0.255 e. The molecule has 0 saturated heterocycles. The van der Waals surface area contributed by atoms with E-state index in [0.717, 1.165) is 16.3 Å². The summed E-state index contributed by atoms with van der Waals surface area (Å²) < 4.78 is 13.7. The Morgan fingerprint density at radius 3 is 2.59 bits per heavy atom. The minimum Gasteiger partial charge on any atom is -0.324 e. The zero-order valence-electron chi connectivity index (χ0n) is 14.4. The van der Waals surface area contributed by atoms with Crippen molar-refractivity contribution in [2.75, 3.05) is 10.6 Å². The van der Waals surface area contributed by atoms with Gasteiger partial charge < -0.3 is 10.6 Å². The van der Waals surface area contributed by atoms with E-state index in [2.05, 4.69) is 15.6 Å². The van der Waals surface area contributed by atoms with Gasteiger partial charge in [-0.2, -0.15) is 0 Å². The van der Waals surface area contributed by atoms with Crippen LogP contribution in [0.25, 0.3) is 0 Å². The van der Waals surface area contributed by atoms with Crippen LogP contribution in [-0.4, -0.2) is 16.8 Å². The lowest BCUT2D eigenvalue weighted by molar-refractivity contribution is -0.114. The number of amides is 2. The van der Waals surface area contributed by atoms with E-state index in [9.17, 15) is 14.0 Å². The van der Waals surface area contributed by atoms with Crippen LogP contribution >= 0.6 is 23.1 Å². The van der Waals surface area contributed by atoms with Gasteiger partial charge in [0.05, 0.1) is 16.9 Å². The lowest BCUT2D eigenvalue weighted by Gasteiger charge is -2.09. The third-order valence-corrected chi connectivity index (χ3v) is 5.20. The van der Waals surface area contributed by atoms with Gasteiger partial charge in [-0.1, -0.05) is 0 Å². The molecule has 27 heavy (non-hydrogen) atoms. The number of nitrogens with zero attached hydrogens (tertiary/aromatic N) is 1. The Labute approximate surface area is 164 Å². The second-order valence-electron chi connectivity index (χ2n) is 5.62. The molecule has 0 bridgehead atoms. The van der Waals surface area contributed by atoms with Gasteiger partial charge in [-0.15, -0.1) is 23.1 Å². The fourth-order valence-electron chi connectivity index (χ4n) is 2.26. The monoisotopic (exact) mass is 401 g/mol. The van der Waals surface area contributed by atoms with E-state index in [4.69, 9.17) is 0 Å². The molecular formula is C19H16FN3O2S2. The number of anilines is 2. The number of aromatic nitrogens is 1. The lowest BCUT2D eigenvalue weighted by atomic mass is 10.2. The van der Waals surface area contributed by atoms with Gasteiger partial charge in [-0.3, -0.25) is 9.59 Å². The summed E-state index contributed by atoms with van der Waals surface area (Å²) >= 11 is 3.21. The number of halogens is 1. The summed E-state index contributed by atoms with van der Waals surface area (Å²) in [6.07, 6.45) is 0. The third-order valence-electron chi connectivity index (χ3n) is 3.52. The summed E-state index contributed by atoms with van der Waals surface area (Å²) in [6.45, 7) is 1.29. The molecule has 0 atom stereocenters. The number of thioether (sulfide) groups is 1. The first-order chi connectivity index (χ1) is 13.0. The number of benzene rings is 2. The van der Waals surface area contributed by atoms with Gasteiger partial charge >= 0.3 is 0 Å². The molecule has 0 aliphatic rings. The number of thiazole rings is 1.